The Kier molecular flexibility index (Phi) is 2.62. The number of hydrogen-bond donors (Lipinski definition) is 0. The Balaban J connectivity index is 2.81. The standard InChI is InChI=1S/C10H7ClN2O3/c1-16-8-4-2-3-6-9(11)7(13(14)15)5-12-10(6)8/h2-5H,1H3. The quantitative estimate of drug-likeness (QED) is 0.596. The molecule has 2 aromatic rings. The molecule has 0 saturated carbocycles. The van der Waals surface area contributed by atoms with E-state index in [0.717, 1.165) is 6.20 Å². The predicted molar refractivity (Wildman–Crippen MR) is 60.0 cm³/mol. The third-order valence-electron chi connectivity index (χ3n) is 2.19. The number of hydrogen-bond acceptors (Lipinski definition) is 4. The van der Waals surface area contributed by atoms with Crippen molar-refractivity contribution in [1.82, 2.24) is 4.98 Å². The number of benzene rings is 1. The molecule has 16 heavy (non-hydrogen) atoms. The summed E-state index contributed by atoms with van der Waals surface area (Å²) in [5.41, 5.74) is 0.308. The number of fused-ring (bicyclic) bond motifs is 1. The zero-order chi connectivity index (χ0) is 11.7. The van der Waals surface area contributed by atoms with Gasteiger partial charge in [-0.2, -0.15) is 0 Å². The first-order valence-electron chi connectivity index (χ1n) is 4.40. The molecule has 82 valence electrons. The van der Waals surface area contributed by atoms with Gasteiger partial charge < -0.3 is 4.74 Å². The highest BCUT2D eigenvalue weighted by molar-refractivity contribution is 6.37. The van der Waals surface area contributed by atoms with Crippen LogP contribution in [0.15, 0.2) is 24.4 Å². The average Bonchev–Trinajstić information content (AvgIpc) is 2.28. The lowest BCUT2D eigenvalue weighted by atomic mass is 10.2. The van der Waals surface area contributed by atoms with E-state index in [-0.39, 0.29) is 10.7 Å². The minimum atomic E-state index is -0.561. The molecule has 0 spiro atoms. The van der Waals surface area contributed by atoms with Gasteiger partial charge in [0.1, 0.15) is 22.5 Å². The van der Waals surface area contributed by atoms with E-state index in [9.17, 15) is 10.1 Å². The van der Waals surface area contributed by atoms with E-state index in [1.165, 1.54) is 7.11 Å². The Labute approximate surface area is 95.8 Å². The van der Waals surface area contributed by atoms with Crippen LogP contribution >= 0.6 is 11.6 Å². The summed E-state index contributed by atoms with van der Waals surface area (Å²) in [6.45, 7) is 0. The molecule has 1 aromatic carbocycles. The molecular weight excluding hydrogens is 232 g/mol. The van der Waals surface area contributed by atoms with Crippen molar-refractivity contribution in [1.29, 1.82) is 0 Å². The molecule has 6 heteroatoms. The van der Waals surface area contributed by atoms with E-state index in [1.807, 2.05) is 0 Å². The first kappa shape index (κ1) is 10.6. The van der Waals surface area contributed by atoms with Crippen molar-refractivity contribution in [3.8, 4) is 5.75 Å². The molecule has 0 aliphatic rings. The normalized spacial score (nSPS) is 10.4. The van der Waals surface area contributed by atoms with Gasteiger partial charge in [0.2, 0.25) is 0 Å². The van der Waals surface area contributed by atoms with Crippen LogP contribution in [0.25, 0.3) is 10.9 Å². The third kappa shape index (κ3) is 1.55. The van der Waals surface area contributed by atoms with Gasteiger partial charge in [0, 0.05) is 5.39 Å². The van der Waals surface area contributed by atoms with Crippen LogP contribution in [0.1, 0.15) is 0 Å². The molecule has 1 heterocycles. The van der Waals surface area contributed by atoms with Gasteiger partial charge >= 0.3 is 5.69 Å². The number of pyridine rings is 1. The van der Waals surface area contributed by atoms with Crippen LogP contribution in [0.4, 0.5) is 5.69 Å². The Morgan fingerprint density at radius 2 is 2.25 bits per heavy atom. The van der Waals surface area contributed by atoms with Gasteiger partial charge in [0.15, 0.2) is 0 Å². The Hall–Kier alpha value is -1.88. The first-order chi connectivity index (χ1) is 7.65. The molecule has 5 nitrogen and oxygen atoms in total. The van der Waals surface area contributed by atoms with Gasteiger partial charge in [-0.1, -0.05) is 23.7 Å². The molecule has 0 amide bonds. The second kappa shape index (κ2) is 3.94. The summed E-state index contributed by atoms with van der Waals surface area (Å²) >= 11 is 5.93. The summed E-state index contributed by atoms with van der Waals surface area (Å²) in [5.74, 6) is 0.536. The number of halogens is 1. The second-order valence-corrected chi connectivity index (χ2v) is 3.45. The number of ether oxygens (including phenoxy) is 1. The lowest BCUT2D eigenvalue weighted by Gasteiger charge is -2.05. The van der Waals surface area contributed by atoms with Crippen molar-refractivity contribution >= 4 is 28.2 Å². The molecule has 0 N–H and O–H groups in total. The minimum absolute atomic E-state index is 0.0777. The minimum Gasteiger partial charge on any atom is -0.494 e. The maximum atomic E-state index is 10.7. The van der Waals surface area contributed by atoms with Crippen LogP contribution in [0.3, 0.4) is 0 Å². The van der Waals surface area contributed by atoms with E-state index in [1.54, 1.807) is 18.2 Å². The summed E-state index contributed by atoms with van der Waals surface area (Å²) in [6, 6.07) is 5.09. The van der Waals surface area contributed by atoms with Crippen LogP contribution in [0.5, 0.6) is 5.75 Å². The highest BCUT2D eigenvalue weighted by Crippen LogP contribution is 2.34. The van der Waals surface area contributed by atoms with Gasteiger partial charge in [-0.25, -0.2) is 4.98 Å². The Bertz CT molecular complexity index is 571. The molecule has 0 aliphatic carbocycles. The molecule has 1 aromatic heterocycles. The van der Waals surface area contributed by atoms with E-state index in [2.05, 4.69) is 4.98 Å². The van der Waals surface area contributed by atoms with Gasteiger partial charge in [0.05, 0.1) is 12.0 Å². The largest absolute Gasteiger partial charge is 0.494 e. The van der Waals surface area contributed by atoms with Gasteiger partial charge in [0.25, 0.3) is 0 Å². The molecule has 0 radical (unpaired) electrons. The lowest BCUT2D eigenvalue weighted by Crippen LogP contribution is -1.93. The van der Waals surface area contributed by atoms with Crippen molar-refractivity contribution in [3.05, 3.63) is 39.5 Å². The molecule has 0 unspecified atom stereocenters. The Morgan fingerprint density at radius 3 is 2.88 bits per heavy atom. The van der Waals surface area contributed by atoms with Crippen LogP contribution in [-0.2, 0) is 0 Å². The topological polar surface area (TPSA) is 65.3 Å². The van der Waals surface area contributed by atoms with E-state index in [4.69, 9.17) is 16.3 Å². The average molecular weight is 239 g/mol. The SMILES string of the molecule is COc1cccc2c(Cl)c([N+](=O)[O-])cnc12. The highest BCUT2D eigenvalue weighted by atomic mass is 35.5. The maximum Gasteiger partial charge on any atom is 0.306 e. The molecular formula is C10H7ClN2O3. The summed E-state index contributed by atoms with van der Waals surface area (Å²) in [4.78, 5) is 14.1. The van der Waals surface area contributed by atoms with Crippen LogP contribution < -0.4 is 4.74 Å². The van der Waals surface area contributed by atoms with Crippen LogP contribution in [-0.4, -0.2) is 17.0 Å². The summed E-state index contributed by atoms with van der Waals surface area (Å²) in [5, 5.41) is 11.3. The lowest BCUT2D eigenvalue weighted by molar-refractivity contribution is -0.384. The van der Waals surface area contributed by atoms with Crippen molar-refractivity contribution in [2.45, 2.75) is 0 Å². The number of nitro groups is 1. The fraction of sp³-hybridized carbons (Fsp3) is 0.100. The van der Waals surface area contributed by atoms with Crippen molar-refractivity contribution in [2.75, 3.05) is 7.11 Å². The summed E-state index contributed by atoms with van der Waals surface area (Å²) < 4.78 is 5.09. The van der Waals surface area contributed by atoms with Gasteiger partial charge in [-0.15, -0.1) is 0 Å². The molecule has 2 rings (SSSR count). The maximum absolute atomic E-state index is 10.7. The van der Waals surface area contributed by atoms with Crippen molar-refractivity contribution < 1.29 is 9.66 Å². The van der Waals surface area contributed by atoms with E-state index < -0.39 is 4.92 Å². The summed E-state index contributed by atoms with van der Waals surface area (Å²) in [6.07, 6.45) is 1.13. The van der Waals surface area contributed by atoms with Crippen molar-refractivity contribution in [3.63, 3.8) is 0 Å². The third-order valence-corrected chi connectivity index (χ3v) is 2.59. The van der Waals surface area contributed by atoms with E-state index >= 15 is 0 Å². The number of methoxy groups -OCH3 is 1. The number of aromatic nitrogens is 1. The number of nitrogens with zero attached hydrogens (tertiary/aromatic N) is 2. The summed E-state index contributed by atoms with van der Waals surface area (Å²) in [7, 11) is 1.51. The van der Waals surface area contributed by atoms with Gasteiger partial charge in [-0.3, -0.25) is 10.1 Å². The number of para-hydroxylation sites is 1. The van der Waals surface area contributed by atoms with Crippen LogP contribution in [0, 0.1) is 10.1 Å². The molecule has 0 saturated heterocycles. The first-order valence-corrected chi connectivity index (χ1v) is 4.78. The van der Waals surface area contributed by atoms with Crippen LogP contribution in [0.2, 0.25) is 5.02 Å². The fourth-order valence-electron chi connectivity index (χ4n) is 1.44. The second-order valence-electron chi connectivity index (χ2n) is 3.07. The molecule has 0 aliphatic heterocycles. The highest BCUT2D eigenvalue weighted by Gasteiger charge is 2.17. The van der Waals surface area contributed by atoms with Gasteiger partial charge in [-0.05, 0) is 6.07 Å². The van der Waals surface area contributed by atoms with E-state index in [0.29, 0.717) is 16.7 Å². The Morgan fingerprint density at radius 1 is 1.50 bits per heavy atom. The smallest absolute Gasteiger partial charge is 0.306 e. The zero-order valence-electron chi connectivity index (χ0n) is 8.31. The number of rotatable bonds is 2. The zero-order valence-corrected chi connectivity index (χ0v) is 9.06. The molecule has 0 bridgehead atoms. The van der Waals surface area contributed by atoms with Crippen molar-refractivity contribution in [2.24, 2.45) is 0 Å². The fourth-order valence-corrected chi connectivity index (χ4v) is 1.72. The molecule has 0 fully saturated rings. The predicted octanol–water partition coefficient (Wildman–Crippen LogP) is 2.81. The monoisotopic (exact) mass is 238 g/mol. The molecule has 0 atom stereocenters.